The van der Waals surface area contributed by atoms with Crippen molar-refractivity contribution in [1.29, 1.82) is 0 Å². The summed E-state index contributed by atoms with van der Waals surface area (Å²) in [6.07, 6.45) is 17.9. The largest absolute Gasteiger partial charge is 0.381 e. The number of hydrogen-bond donors (Lipinski definition) is 0. The van der Waals surface area contributed by atoms with E-state index in [0.717, 1.165) is 13.2 Å². The van der Waals surface area contributed by atoms with Gasteiger partial charge in [-0.3, -0.25) is 0 Å². The monoisotopic (exact) mass is 256 g/mol. The van der Waals surface area contributed by atoms with E-state index in [0.29, 0.717) is 0 Å². The van der Waals surface area contributed by atoms with Crippen molar-refractivity contribution in [1.82, 2.24) is 0 Å². The Bertz CT molecular complexity index is 118. The molecule has 1 heteroatoms. The number of unbranched alkanes of at least 4 members (excludes halogenated alkanes) is 11. The first-order valence-electron chi connectivity index (χ1n) is 8.49. The third-order valence-corrected chi connectivity index (χ3v) is 3.53. The van der Waals surface area contributed by atoms with E-state index in [1.807, 2.05) is 0 Å². The normalized spacial score (nSPS) is 11.0. The first-order chi connectivity index (χ1) is 8.91. The van der Waals surface area contributed by atoms with Crippen molar-refractivity contribution in [2.75, 3.05) is 13.2 Å². The van der Waals surface area contributed by atoms with E-state index in [1.165, 1.54) is 83.5 Å². The van der Waals surface area contributed by atoms with Crippen molar-refractivity contribution in [3.05, 3.63) is 0 Å². The zero-order valence-electron chi connectivity index (χ0n) is 13.0. The molecule has 0 aliphatic heterocycles. The fourth-order valence-corrected chi connectivity index (χ4v) is 2.25. The summed E-state index contributed by atoms with van der Waals surface area (Å²) in [6.45, 7) is 6.50. The van der Waals surface area contributed by atoms with Crippen molar-refractivity contribution in [3.63, 3.8) is 0 Å². The molecule has 0 N–H and O–H groups in total. The predicted molar refractivity (Wildman–Crippen MR) is 82.2 cm³/mol. The standard InChI is InChI=1S/C17H36O/c1-3-5-7-9-10-11-12-13-15-17-18-16-14-8-6-4-2/h3-17H2,1-2H3. The lowest BCUT2D eigenvalue weighted by atomic mass is 10.1. The molecule has 0 heterocycles. The smallest absolute Gasteiger partial charge is 0.0466 e. The molecule has 0 radical (unpaired) electrons. The van der Waals surface area contributed by atoms with Gasteiger partial charge in [-0.15, -0.1) is 0 Å². The van der Waals surface area contributed by atoms with E-state index >= 15 is 0 Å². The van der Waals surface area contributed by atoms with Gasteiger partial charge in [0, 0.05) is 13.2 Å². The van der Waals surface area contributed by atoms with E-state index in [9.17, 15) is 0 Å². The van der Waals surface area contributed by atoms with Gasteiger partial charge in [0.25, 0.3) is 0 Å². The van der Waals surface area contributed by atoms with Crippen molar-refractivity contribution >= 4 is 0 Å². The predicted octanol–water partition coefficient (Wildman–Crippen LogP) is 6.11. The molecule has 0 bridgehead atoms. The second kappa shape index (κ2) is 17.0. The fraction of sp³-hybridized carbons (Fsp3) is 1.00. The molecule has 0 amide bonds. The van der Waals surface area contributed by atoms with Crippen LogP contribution in [0, 0.1) is 0 Å². The zero-order valence-corrected chi connectivity index (χ0v) is 13.0. The summed E-state index contributed by atoms with van der Waals surface area (Å²) in [4.78, 5) is 0. The summed E-state index contributed by atoms with van der Waals surface area (Å²) in [5, 5.41) is 0. The summed E-state index contributed by atoms with van der Waals surface area (Å²) < 4.78 is 5.64. The molecule has 0 spiro atoms. The maximum atomic E-state index is 5.64. The third kappa shape index (κ3) is 16.0. The Hall–Kier alpha value is -0.0400. The third-order valence-electron chi connectivity index (χ3n) is 3.53. The first-order valence-corrected chi connectivity index (χ1v) is 8.49. The van der Waals surface area contributed by atoms with Crippen molar-refractivity contribution < 1.29 is 4.74 Å². The maximum Gasteiger partial charge on any atom is 0.0466 e. The molecule has 0 aliphatic rings. The number of rotatable bonds is 15. The van der Waals surface area contributed by atoms with Gasteiger partial charge in [0.1, 0.15) is 0 Å². The highest BCUT2D eigenvalue weighted by atomic mass is 16.5. The number of hydrogen-bond acceptors (Lipinski definition) is 1. The van der Waals surface area contributed by atoms with Crippen LogP contribution in [0.5, 0.6) is 0 Å². The van der Waals surface area contributed by atoms with E-state index in [2.05, 4.69) is 13.8 Å². The van der Waals surface area contributed by atoms with Crippen LogP contribution in [0.1, 0.15) is 97.3 Å². The molecule has 0 rings (SSSR count). The quantitative estimate of drug-likeness (QED) is 0.321. The van der Waals surface area contributed by atoms with Gasteiger partial charge in [0.05, 0.1) is 0 Å². The van der Waals surface area contributed by atoms with Gasteiger partial charge < -0.3 is 4.74 Å². The SMILES string of the molecule is CCCCCCCCCCCOCCCCCC. The minimum absolute atomic E-state index is 0.983. The summed E-state index contributed by atoms with van der Waals surface area (Å²) in [5.74, 6) is 0. The molecule has 0 aromatic carbocycles. The minimum Gasteiger partial charge on any atom is -0.381 e. The maximum absolute atomic E-state index is 5.64. The molecule has 0 fully saturated rings. The topological polar surface area (TPSA) is 9.23 Å². The molecule has 0 saturated heterocycles. The molecule has 0 aromatic rings. The Morgan fingerprint density at radius 1 is 0.444 bits per heavy atom. The van der Waals surface area contributed by atoms with Crippen LogP contribution in [0.25, 0.3) is 0 Å². The van der Waals surface area contributed by atoms with Crippen LogP contribution in [0.3, 0.4) is 0 Å². The van der Waals surface area contributed by atoms with E-state index in [1.54, 1.807) is 0 Å². The molecule has 0 aliphatic carbocycles. The minimum atomic E-state index is 0.983. The Balaban J connectivity index is 2.86. The van der Waals surface area contributed by atoms with Gasteiger partial charge >= 0.3 is 0 Å². The van der Waals surface area contributed by atoms with Crippen LogP contribution in [0.15, 0.2) is 0 Å². The highest BCUT2D eigenvalue weighted by molar-refractivity contribution is 4.47. The van der Waals surface area contributed by atoms with Crippen LogP contribution >= 0.6 is 0 Å². The van der Waals surface area contributed by atoms with Crippen LogP contribution in [0.4, 0.5) is 0 Å². The van der Waals surface area contributed by atoms with Crippen molar-refractivity contribution in [2.45, 2.75) is 97.3 Å². The molecule has 0 saturated carbocycles. The molecule has 0 atom stereocenters. The van der Waals surface area contributed by atoms with Gasteiger partial charge in [-0.2, -0.15) is 0 Å². The molecule has 1 nitrogen and oxygen atoms in total. The van der Waals surface area contributed by atoms with Gasteiger partial charge in [-0.1, -0.05) is 84.5 Å². The fourth-order valence-electron chi connectivity index (χ4n) is 2.25. The Morgan fingerprint density at radius 3 is 1.22 bits per heavy atom. The summed E-state index contributed by atoms with van der Waals surface area (Å²) in [7, 11) is 0. The van der Waals surface area contributed by atoms with E-state index in [4.69, 9.17) is 4.74 Å². The Morgan fingerprint density at radius 2 is 0.778 bits per heavy atom. The average Bonchev–Trinajstić information content (AvgIpc) is 2.39. The van der Waals surface area contributed by atoms with Gasteiger partial charge in [0.15, 0.2) is 0 Å². The molecule has 0 aromatic heterocycles. The molecular weight excluding hydrogens is 220 g/mol. The van der Waals surface area contributed by atoms with Gasteiger partial charge in [-0.25, -0.2) is 0 Å². The second-order valence-corrected chi connectivity index (χ2v) is 5.50. The summed E-state index contributed by atoms with van der Waals surface area (Å²) in [6, 6.07) is 0. The highest BCUT2D eigenvalue weighted by Gasteiger charge is 1.93. The highest BCUT2D eigenvalue weighted by Crippen LogP contribution is 2.09. The summed E-state index contributed by atoms with van der Waals surface area (Å²) in [5.41, 5.74) is 0. The lowest BCUT2D eigenvalue weighted by molar-refractivity contribution is 0.125. The number of ether oxygens (including phenoxy) is 1. The summed E-state index contributed by atoms with van der Waals surface area (Å²) >= 11 is 0. The second-order valence-electron chi connectivity index (χ2n) is 5.50. The van der Waals surface area contributed by atoms with Crippen molar-refractivity contribution in [2.24, 2.45) is 0 Å². The molecular formula is C17H36O. The first kappa shape index (κ1) is 18.0. The van der Waals surface area contributed by atoms with Gasteiger partial charge in [-0.05, 0) is 12.8 Å². The lowest BCUT2D eigenvalue weighted by Gasteiger charge is -2.04. The average molecular weight is 256 g/mol. The van der Waals surface area contributed by atoms with E-state index in [-0.39, 0.29) is 0 Å². The Labute approximate surface area is 116 Å². The molecule has 0 unspecified atom stereocenters. The van der Waals surface area contributed by atoms with Crippen molar-refractivity contribution in [3.8, 4) is 0 Å². The van der Waals surface area contributed by atoms with Crippen LogP contribution in [0.2, 0.25) is 0 Å². The van der Waals surface area contributed by atoms with Crippen LogP contribution in [-0.4, -0.2) is 13.2 Å². The zero-order chi connectivity index (χ0) is 13.3. The molecule has 110 valence electrons. The molecule has 18 heavy (non-hydrogen) atoms. The Kier molecular flexibility index (Phi) is 16.9. The van der Waals surface area contributed by atoms with Crippen LogP contribution in [-0.2, 0) is 4.74 Å². The lowest BCUT2D eigenvalue weighted by Crippen LogP contribution is -1.97. The van der Waals surface area contributed by atoms with E-state index < -0.39 is 0 Å². The van der Waals surface area contributed by atoms with Gasteiger partial charge in [0.2, 0.25) is 0 Å². The van der Waals surface area contributed by atoms with Crippen LogP contribution < -0.4 is 0 Å².